The Morgan fingerprint density at radius 2 is 2.05 bits per heavy atom. The fourth-order valence-electron chi connectivity index (χ4n) is 2.19. The normalized spacial score (nSPS) is 22.7. The third-order valence-corrected chi connectivity index (χ3v) is 3.58. The predicted octanol–water partition coefficient (Wildman–Crippen LogP) is 2.26. The first-order valence-corrected chi connectivity index (χ1v) is 6.30. The van der Waals surface area contributed by atoms with E-state index in [-0.39, 0.29) is 23.5 Å². The first-order valence-electron chi connectivity index (χ1n) is 6.30. The molecule has 0 fully saturated rings. The van der Waals surface area contributed by atoms with E-state index in [4.69, 9.17) is 5.73 Å². The standard InChI is InChI=1S/C15H17FN2O/c1-9-10(2)18-14(15(17)19)8-12(9)7-11-5-3-4-6-13(11)16/h3-6,8-10H,7H2,1-2H3,(H2,17,19)/t9?,10-/m0/s1. The van der Waals surface area contributed by atoms with Gasteiger partial charge in [0.2, 0.25) is 0 Å². The molecule has 1 aliphatic rings. The summed E-state index contributed by atoms with van der Waals surface area (Å²) < 4.78 is 13.7. The van der Waals surface area contributed by atoms with Crippen LogP contribution in [0.25, 0.3) is 0 Å². The van der Waals surface area contributed by atoms with Crippen molar-refractivity contribution in [2.45, 2.75) is 26.3 Å². The van der Waals surface area contributed by atoms with Gasteiger partial charge in [0, 0.05) is 0 Å². The van der Waals surface area contributed by atoms with Crippen LogP contribution in [0.1, 0.15) is 19.4 Å². The van der Waals surface area contributed by atoms with Crippen molar-refractivity contribution in [1.82, 2.24) is 0 Å². The summed E-state index contributed by atoms with van der Waals surface area (Å²) in [7, 11) is 0. The molecule has 2 atom stereocenters. The second-order valence-electron chi connectivity index (χ2n) is 4.90. The Labute approximate surface area is 112 Å². The molecule has 0 aromatic heterocycles. The molecule has 19 heavy (non-hydrogen) atoms. The average molecular weight is 260 g/mol. The highest BCUT2D eigenvalue weighted by Crippen LogP contribution is 2.26. The van der Waals surface area contributed by atoms with Crippen LogP contribution in [0, 0.1) is 11.7 Å². The van der Waals surface area contributed by atoms with Crippen LogP contribution < -0.4 is 5.73 Å². The molecule has 1 amide bonds. The molecule has 0 bridgehead atoms. The van der Waals surface area contributed by atoms with Gasteiger partial charge in [-0.1, -0.05) is 30.7 Å². The van der Waals surface area contributed by atoms with Crippen LogP contribution in [0.4, 0.5) is 4.39 Å². The van der Waals surface area contributed by atoms with Gasteiger partial charge in [-0.3, -0.25) is 9.79 Å². The van der Waals surface area contributed by atoms with Crippen molar-refractivity contribution in [2.24, 2.45) is 16.6 Å². The number of carbonyl (C=O) groups excluding carboxylic acids is 1. The molecule has 1 aromatic rings. The van der Waals surface area contributed by atoms with E-state index in [0.29, 0.717) is 12.0 Å². The highest BCUT2D eigenvalue weighted by atomic mass is 19.1. The van der Waals surface area contributed by atoms with E-state index in [1.54, 1.807) is 24.3 Å². The van der Waals surface area contributed by atoms with Crippen molar-refractivity contribution < 1.29 is 9.18 Å². The molecule has 1 heterocycles. The van der Waals surface area contributed by atoms with Gasteiger partial charge >= 0.3 is 0 Å². The van der Waals surface area contributed by atoms with Gasteiger partial charge in [-0.15, -0.1) is 0 Å². The molecule has 2 N–H and O–H groups in total. The number of carbonyl (C=O) groups is 1. The number of dihydropyridines is 1. The van der Waals surface area contributed by atoms with Gasteiger partial charge in [0.15, 0.2) is 0 Å². The van der Waals surface area contributed by atoms with Crippen molar-refractivity contribution in [3.05, 3.63) is 47.3 Å². The molecule has 1 aromatic carbocycles. The summed E-state index contributed by atoms with van der Waals surface area (Å²) in [6.07, 6.45) is 2.17. The summed E-state index contributed by atoms with van der Waals surface area (Å²) >= 11 is 0. The average Bonchev–Trinajstić information content (AvgIpc) is 2.37. The molecule has 0 radical (unpaired) electrons. The number of benzene rings is 1. The number of rotatable bonds is 3. The van der Waals surface area contributed by atoms with Crippen LogP contribution in [0.2, 0.25) is 0 Å². The van der Waals surface area contributed by atoms with Crippen LogP contribution >= 0.6 is 0 Å². The fourth-order valence-corrected chi connectivity index (χ4v) is 2.19. The van der Waals surface area contributed by atoms with Crippen LogP contribution in [-0.4, -0.2) is 17.7 Å². The van der Waals surface area contributed by atoms with Crippen molar-refractivity contribution in [3.63, 3.8) is 0 Å². The monoisotopic (exact) mass is 260 g/mol. The number of halogens is 1. The van der Waals surface area contributed by atoms with Crippen LogP contribution in [0.3, 0.4) is 0 Å². The summed E-state index contributed by atoms with van der Waals surface area (Å²) in [5.41, 5.74) is 7.16. The molecule has 1 unspecified atom stereocenters. The Morgan fingerprint density at radius 3 is 2.68 bits per heavy atom. The van der Waals surface area contributed by atoms with E-state index in [2.05, 4.69) is 4.99 Å². The van der Waals surface area contributed by atoms with Gasteiger partial charge in [-0.2, -0.15) is 0 Å². The molecule has 3 nitrogen and oxygen atoms in total. The fraction of sp³-hybridized carbons (Fsp3) is 0.333. The summed E-state index contributed by atoms with van der Waals surface area (Å²) in [5, 5.41) is 0. The van der Waals surface area contributed by atoms with Crippen molar-refractivity contribution in [3.8, 4) is 0 Å². The van der Waals surface area contributed by atoms with E-state index in [9.17, 15) is 9.18 Å². The summed E-state index contributed by atoms with van der Waals surface area (Å²) in [6.45, 7) is 3.96. The third-order valence-electron chi connectivity index (χ3n) is 3.58. The largest absolute Gasteiger partial charge is 0.364 e. The summed E-state index contributed by atoms with van der Waals surface area (Å²) in [6, 6.07) is 6.64. The number of aliphatic imine (C=N–C) groups is 1. The SMILES string of the molecule is CC1C(Cc2ccccc2F)=CC(C(N)=O)=N[C@H]1C. The number of primary amides is 1. The molecule has 2 rings (SSSR count). The van der Waals surface area contributed by atoms with Crippen molar-refractivity contribution in [1.29, 1.82) is 0 Å². The minimum Gasteiger partial charge on any atom is -0.364 e. The first kappa shape index (κ1) is 13.5. The maximum absolute atomic E-state index is 13.7. The van der Waals surface area contributed by atoms with Gasteiger partial charge < -0.3 is 5.73 Å². The van der Waals surface area contributed by atoms with Crippen molar-refractivity contribution >= 4 is 11.6 Å². The van der Waals surface area contributed by atoms with Crippen LogP contribution in [-0.2, 0) is 11.2 Å². The molecule has 100 valence electrons. The lowest BCUT2D eigenvalue weighted by Gasteiger charge is -2.25. The molecule has 0 saturated carbocycles. The highest BCUT2D eigenvalue weighted by Gasteiger charge is 2.24. The zero-order valence-electron chi connectivity index (χ0n) is 11.1. The number of nitrogens with two attached hydrogens (primary N) is 1. The van der Waals surface area contributed by atoms with E-state index < -0.39 is 5.91 Å². The molecule has 0 saturated heterocycles. The number of nitrogens with zero attached hydrogens (tertiary/aromatic N) is 1. The lowest BCUT2D eigenvalue weighted by atomic mass is 9.86. The summed E-state index contributed by atoms with van der Waals surface area (Å²) in [5.74, 6) is -0.598. The smallest absolute Gasteiger partial charge is 0.266 e. The molecular weight excluding hydrogens is 243 g/mol. The molecular formula is C15H17FN2O. The van der Waals surface area contributed by atoms with Crippen LogP contribution in [0.5, 0.6) is 0 Å². The van der Waals surface area contributed by atoms with Gasteiger partial charge in [-0.05, 0) is 37.0 Å². The van der Waals surface area contributed by atoms with Gasteiger partial charge in [0.25, 0.3) is 5.91 Å². The zero-order chi connectivity index (χ0) is 14.0. The minimum absolute atomic E-state index is 0.0192. The van der Waals surface area contributed by atoms with Crippen molar-refractivity contribution in [2.75, 3.05) is 0 Å². The van der Waals surface area contributed by atoms with E-state index in [0.717, 1.165) is 5.57 Å². The molecule has 0 aliphatic carbocycles. The van der Waals surface area contributed by atoms with E-state index >= 15 is 0 Å². The maximum atomic E-state index is 13.7. The lowest BCUT2D eigenvalue weighted by molar-refractivity contribution is -0.111. The highest BCUT2D eigenvalue weighted by molar-refractivity contribution is 6.43. The minimum atomic E-state index is -0.537. The first-order chi connectivity index (χ1) is 8.99. The predicted molar refractivity (Wildman–Crippen MR) is 73.4 cm³/mol. The number of hydrogen-bond donors (Lipinski definition) is 1. The maximum Gasteiger partial charge on any atom is 0.266 e. The van der Waals surface area contributed by atoms with Gasteiger partial charge in [0.1, 0.15) is 11.5 Å². The van der Waals surface area contributed by atoms with Crippen LogP contribution in [0.15, 0.2) is 40.9 Å². The number of amides is 1. The molecule has 4 heteroatoms. The van der Waals surface area contributed by atoms with E-state index in [1.807, 2.05) is 13.8 Å². The van der Waals surface area contributed by atoms with Gasteiger partial charge in [-0.25, -0.2) is 4.39 Å². The quantitative estimate of drug-likeness (QED) is 0.890. The number of hydrogen-bond acceptors (Lipinski definition) is 2. The Kier molecular flexibility index (Phi) is 3.79. The second kappa shape index (κ2) is 5.34. The topological polar surface area (TPSA) is 55.5 Å². The summed E-state index contributed by atoms with van der Waals surface area (Å²) in [4.78, 5) is 15.5. The Morgan fingerprint density at radius 1 is 1.37 bits per heavy atom. The molecule has 1 aliphatic heterocycles. The zero-order valence-corrected chi connectivity index (χ0v) is 11.1. The van der Waals surface area contributed by atoms with E-state index in [1.165, 1.54) is 6.07 Å². The second-order valence-corrected chi connectivity index (χ2v) is 4.90. The third kappa shape index (κ3) is 2.89. The molecule has 0 spiro atoms. The van der Waals surface area contributed by atoms with Gasteiger partial charge in [0.05, 0.1) is 6.04 Å². The Balaban J connectivity index is 2.30. The lowest BCUT2D eigenvalue weighted by Crippen LogP contribution is -2.30. The Hall–Kier alpha value is -1.97. The Bertz CT molecular complexity index is 563.